The first-order valence-electron chi connectivity index (χ1n) is 10.5. The van der Waals surface area contributed by atoms with Crippen molar-refractivity contribution in [1.82, 2.24) is 5.32 Å². The van der Waals surface area contributed by atoms with Gasteiger partial charge in [0.15, 0.2) is 0 Å². The Labute approximate surface area is 180 Å². The molecule has 0 spiro atoms. The van der Waals surface area contributed by atoms with Crippen LogP contribution in [0.25, 0.3) is 0 Å². The number of nitrogens with one attached hydrogen (secondary N) is 1. The summed E-state index contributed by atoms with van der Waals surface area (Å²) in [7, 11) is 1.55. The lowest BCUT2D eigenvalue weighted by atomic mass is 9.77. The predicted molar refractivity (Wildman–Crippen MR) is 111 cm³/mol. The molecule has 1 aromatic carbocycles. The van der Waals surface area contributed by atoms with E-state index in [1.807, 2.05) is 6.92 Å². The van der Waals surface area contributed by atoms with Crippen LogP contribution in [0.5, 0.6) is 5.75 Å². The number of rotatable bonds is 7. The van der Waals surface area contributed by atoms with E-state index >= 15 is 0 Å². The minimum Gasteiger partial charge on any atom is -0.497 e. The number of esters is 1. The van der Waals surface area contributed by atoms with Gasteiger partial charge < -0.3 is 13.9 Å². The van der Waals surface area contributed by atoms with Gasteiger partial charge in [0, 0.05) is 0 Å². The lowest BCUT2D eigenvalue weighted by Gasteiger charge is -2.32. The maximum Gasteiger partial charge on any atom is 0.327 e. The SMILES string of the molecule is CCC[C@]1(C(=O)OCC)N[C@H](c2ccco2)[C@H]2C(=O)N(c3ccc(OC)cc3)C(=O)[C@@H]21. The molecule has 2 aliphatic rings. The molecule has 164 valence electrons. The predicted octanol–water partition coefficient (Wildman–Crippen LogP) is 2.84. The van der Waals surface area contributed by atoms with Crippen LogP contribution in [0.15, 0.2) is 47.1 Å². The topological polar surface area (TPSA) is 98.1 Å². The molecule has 1 N–H and O–H groups in total. The van der Waals surface area contributed by atoms with E-state index in [2.05, 4.69) is 5.32 Å². The standard InChI is InChI=1S/C23H26N2O6/c1-4-12-23(22(28)30-5-2)18-17(19(24-23)16-7-6-13-31-16)20(26)25(21(18)27)14-8-10-15(29-3)11-9-14/h6-11,13,17-19,24H,4-5,12H2,1-3H3/t17-,18+,19+,23-/m0/s1. The molecule has 4 rings (SSSR count). The van der Waals surface area contributed by atoms with Gasteiger partial charge in [-0.25, -0.2) is 4.90 Å². The van der Waals surface area contributed by atoms with Crippen LogP contribution >= 0.6 is 0 Å². The fourth-order valence-corrected chi connectivity index (χ4v) is 4.87. The monoisotopic (exact) mass is 426 g/mol. The number of ether oxygens (including phenoxy) is 2. The molecule has 0 aliphatic carbocycles. The summed E-state index contributed by atoms with van der Waals surface area (Å²) in [6.07, 6.45) is 2.50. The quantitative estimate of drug-likeness (QED) is 0.537. The van der Waals surface area contributed by atoms with E-state index in [0.717, 1.165) is 0 Å². The highest BCUT2D eigenvalue weighted by Gasteiger charge is 2.69. The van der Waals surface area contributed by atoms with Gasteiger partial charge in [-0.2, -0.15) is 0 Å². The first-order valence-corrected chi connectivity index (χ1v) is 10.5. The summed E-state index contributed by atoms with van der Waals surface area (Å²) in [6, 6.07) is 9.56. The number of hydrogen-bond donors (Lipinski definition) is 1. The second kappa shape index (κ2) is 8.19. The van der Waals surface area contributed by atoms with Crippen molar-refractivity contribution >= 4 is 23.5 Å². The number of nitrogens with zero attached hydrogens (tertiary/aromatic N) is 1. The molecule has 8 heteroatoms. The highest BCUT2D eigenvalue weighted by Crippen LogP contribution is 2.51. The minimum atomic E-state index is -1.30. The van der Waals surface area contributed by atoms with Crippen LogP contribution in [-0.2, 0) is 19.1 Å². The molecule has 2 aliphatic heterocycles. The van der Waals surface area contributed by atoms with Crippen molar-refractivity contribution in [2.75, 3.05) is 18.6 Å². The van der Waals surface area contributed by atoms with E-state index in [1.165, 1.54) is 11.2 Å². The first-order chi connectivity index (χ1) is 15.0. The number of carbonyl (C=O) groups excluding carboxylic acids is 3. The summed E-state index contributed by atoms with van der Waals surface area (Å²) in [5.74, 6) is -1.84. The molecular weight excluding hydrogens is 400 g/mol. The molecule has 0 radical (unpaired) electrons. The lowest BCUT2D eigenvalue weighted by molar-refractivity contribution is -0.155. The third-order valence-corrected chi connectivity index (χ3v) is 6.12. The van der Waals surface area contributed by atoms with E-state index in [9.17, 15) is 14.4 Å². The summed E-state index contributed by atoms with van der Waals surface area (Å²) in [5.41, 5.74) is -0.862. The van der Waals surface area contributed by atoms with Gasteiger partial charge in [-0.3, -0.25) is 19.7 Å². The number of benzene rings is 1. The lowest BCUT2D eigenvalue weighted by Crippen LogP contribution is -2.56. The average molecular weight is 426 g/mol. The van der Waals surface area contributed by atoms with Gasteiger partial charge >= 0.3 is 5.97 Å². The molecule has 31 heavy (non-hydrogen) atoms. The van der Waals surface area contributed by atoms with Crippen LogP contribution in [0, 0.1) is 11.8 Å². The average Bonchev–Trinajstić information content (AvgIpc) is 3.46. The van der Waals surface area contributed by atoms with Gasteiger partial charge in [0.1, 0.15) is 17.0 Å². The zero-order valence-electron chi connectivity index (χ0n) is 17.8. The first kappa shape index (κ1) is 21.1. The molecule has 2 saturated heterocycles. The van der Waals surface area contributed by atoms with Gasteiger partial charge in [0.25, 0.3) is 0 Å². The third-order valence-electron chi connectivity index (χ3n) is 6.12. The summed E-state index contributed by atoms with van der Waals surface area (Å²) < 4.78 is 16.1. The normalized spacial score (nSPS) is 27.5. The van der Waals surface area contributed by atoms with Crippen LogP contribution in [0.1, 0.15) is 38.5 Å². The van der Waals surface area contributed by atoms with E-state index in [0.29, 0.717) is 30.0 Å². The van der Waals surface area contributed by atoms with Gasteiger partial charge in [-0.05, 0) is 49.7 Å². The molecule has 0 saturated carbocycles. The van der Waals surface area contributed by atoms with Gasteiger partial charge in [0.2, 0.25) is 11.8 Å². The fourth-order valence-electron chi connectivity index (χ4n) is 4.87. The Balaban J connectivity index is 1.81. The molecule has 0 unspecified atom stereocenters. The van der Waals surface area contributed by atoms with Crippen LogP contribution < -0.4 is 15.0 Å². The van der Waals surface area contributed by atoms with Crippen molar-refractivity contribution < 1.29 is 28.3 Å². The summed E-state index contributed by atoms with van der Waals surface area (Å²) in [4.78, 5) is 41.6. The Bertz CT molecular complexity index is 970. The van der Waals surface area contributed by atoms with Crippen molar-refractivity contribution in [2.45, 2.75) is 38.3 Å². The molecular formula is C23H26N2O6. The van der Waals surface area contributed by atoms with Crippen LogP contribution in [0.3, 0.4) is 0 Å². The zero-order chi connectivity index (χ0) is 22.2. The van der Waals surface area contributed by atoms with Crippen molar-refractivity contribution in [3.8, 4) is 5.75 Å². The van der Waals surface area contributed by atoms with Crippen LogP contribution in [-0.4, -0.2) is 37.0 Å². The van der Waals surface area contributed by atoms with Gasteiger partial charge in [-0.15, -0.1) is 0 Å². The molecule has 1 aromatic heterocycles. The number of imide groups is 1. The smallest absolute Gasteiger partial charge is 0.327 e. The number of amides is 2. The number of fused-ring (bicyclic) bond motifs is 1. The van der Waals surface area contributed by atoms with Crippen LogP contribution in [0.2, 0.25) is 0 Å². The second-order valence-corrected chi connectivity index (χ2v) is 7.79. The van der Waals surface area contributed by atoms with Gasteiger partial charge in [0.05, 0.1) is 43.5 Å². The van der Waals surface area contributed by atoms with E-state index < -0.39 is 35.3 Å². The van der Waals surface area contributed by atoms with E-state index in [1.54, 1.807) is 50.4 Å². The largest absolute Gasteiger partial charge is 0.497 e. The number of carbonyl (C=O) groups is 3. The summed E-state index contributed by atoms with van der Waals surface area (Å²) in [6.45, 7) is 3.83. The molecule has 2 aromatic rings. The number of hydrogen-bond acceptors (Lipinski definition) is 7. The Morgan fingerprint density at radius 2 is 1.90 bits per heavy atom. The Kier molecular flexibility index (Phi) is 5.58. The molecule has 3 heterocycles. The maximum atomic E-state index is 13.7. The van der Waals surface area contributed by atoms with E-state index in [4.69, 9.17) is 13.9 Å². The Morgan fingerprint density at radius 3 is 2.48 bits per heavy atom. The summed E-state index contributed by atoms with van der Waals surface area (Å²) >= 11 is 0. The minimum absolute atomic E-state index is 0.180. The van der Waals surface area contributed by atoms with Crippen molar-refractivity contribution in [1.29, 1.82) is 0 Å². The molecule has 8 nitrogen and oxygen atoms in total. The van der Waals surface area contributed by atoms with Crippen molar-refractivity contribution in [2.24, 2.45) is 11.8 Å². The maximum absolute atomic E-state index is 13.7. The van der Waals surface area contributed by atoms with E-state index in [-0.39, 0.29) is 12.5 Å². The number of methoxy groups -OCH3 is 1. The highest BCUT2D eigenvalue weighted by atomic mass is 16.5. The van der Waals surface area contributed by atoms with Crippen molar-refractivity contribution in [3.05, 3.63) is 48.4 Å². The molecule has 2 amide bonds. The van der Waals surface area contributed by atoms with Crippen LogP contribution in [0.4, 0.5) is 5.69 Å². The number of anilines is 1. The molecule has 0 bridgehead atoms. The Hall–Kier alpha value is -3.13. The number of furan rings is 1. The highest BCUT2D eigenvalue weighted by molar-refractivity contribution is 6.24. The van der Waals surface area contributed by atoms with Gasteiger partial charge in [-0.1, -0.05) is 13.3 Å². The second-order valence-electron chi connectivity index (χ2n) is 7.79. The Morgan fingerprint density at radius 1 is 1.16 bits per heavy atom. The molecule has 2 fully saturated rings. The zero-order valence-corrected chi connectivity index (χ0v) is 17.8. The molecule has 4 atom stereocenters. The summed E-state index contributed by atoms with van der Waals surface area (Å²) in [5, 5.41) is 3.29. The van der Waals surface area contributed by atoms with Crippen molar-refractivity contribution in [3.63, 3.8) is 0 Å². The third kappa shape index (κ3) is 3.22. The fraction of sp³-hybridized carbons (Fsp3) is 0.435.